The molecular formula is C14H18N2O2. The first-order chi connectivity index (χ1) is 8.84. The monoisotopic (exact) mass is 246 g/mol. The van der Waals surface area contributed by atoms with E-state index >= 15 is 0 Å². The first-order valence-corrected chi connectivity index (χ1v) is 6.60. The summed E-state index contributed by atoms with van der Waals surface area (Å²) in [6, 6.07) is 8.01. The fraction of sp³-hybridized carbons (Fsp3) is 0.500. The predicted octanol–water partition coefficient (Wildman–Crippen LogP) is 1.38. The van der Waals surface area contributed by atoms with Gasteiger partial charge in [0, 0.05) is 12.0 Å². The van der Waals surface area contributed by atoms with Gasteiger partial charge in [-0.25, -0.2) is 0 Å². The van der Waals surface area contributed by atoms with Crippen molar-refractivity contribution in [2.45, 2.75) is 31.3 Å². The summed E-state index contributed by atoms with van der Waals surface area (Å²) in [5.41, 5.74) is 1.09. The van der Waals surface area contributed by atoms with Crippen LogP contribution in [0.3, 0.4) is 0 Å². The zero-order valence-corrected chi connectivity index (χ0v) is 10.3. The van der Waals surface area contributed by atoms with Crippen LogP contribution in [0.1, 0.15) is 30.9 Å². The normalized spacial score (nSPS) is 26.2. The third kappa shape index (κ3) is 2.20. The van der Waals surface area contributed by atoms with Crippen LogP contribution < -0.4 is 15.4 Å². The highest BCUT2D eigenvalue weighted by Crippen LogP contribution is 2.31. The molecule has 2 heterocycles. The zero-order valence-electron chi connectivity index (χ0n) is 10.3. The maximum atomic E-state index is 12.1. The van der Waals surface area contributed by atoms with E-state index in [1.807, 2.05) is 24.3 Å². The van der Waals surface area contributed by atoms with Crippen molar-refractivity contribution in [2.75, 3.05) is 13.2 Å². The summed E-state index contributed by atoms with van der Waals surface area (Å²) in [6.07, 6.45) is 2.87. The lowest BCUT2D eigenvalue weighted by atomic mass is 10.00. The largest absolute Gasteiger partial charge is 0.493 e. The molecule has 2 aliphatic heterocycles. The number of carbonyl (C=O) groups excluding carboxylic acids is 1. The fourth-order valence-electron chi connectivity index (χ4n) is 2.67. The third-order valence-electron chi connectivity index (χ3n) is 3.65. The predicted molar refractivity (Wildman–Crippen MR) is 68.5 cm³/mol. The number of ether oxygens (including phenoxy) is 1. The molecule has 1 amide bonds. The minimum atomic E-state index is -0.0139. The summed E-state index contributed by atoms with van der Waals surface area (Å²) in [4.78, 5) is 12.1. The van der Waals surface area contributed by atoms with Crippen molar-refractivity contribution in [3.63, 3.8) is 0 Å². The number of hydrogen-bond donors (Lipinski definition) is 2. The summed E-state index contributed by atoms with van der Waals surface area (Å²) in [5, 5.41) is 6.36. The van der Waals surface area contributed by atoms with Gasteiger partial charge in [-0.2, -0.15) is 0 Å². The molecule has 18 heavy (non-hydrogen) atoms. The van der Waals surface area contributed by atoms with Gasteiger partial charge in [0.1, 0.15) is 5.75 Å². The smallest absolute Gasteiger partial charge is 0.237 e. The summed E-state index contributed by atoms with van der Waals surface area (Å²) in [7, 11) is 0. The van der Waals surface area contributed by atoms with E-state index < -0.39 is 0 Å². The molecule has 0 saturated carbocycles. The fourth-order valence-corrected chi connectivity index (χ4v) is 2.67. The molecule has 1 aromatic carbocycles. The van der Waals surface area contributed by atoms with Gasteiger partial charge in [-0.1, -0.05) is 18.2 Å². The van der Waals surface area contributed by atoms with E-state index in [2.05, 4.69) is 10.6 Å². The van der Waals surface area contributed by atoms with Gasteiger partial charge in [0.15, 0.2) is 0 Å². The molecule has 1 aromatic rings. The van der Waals surface area contributed by atoms with Crippen molar-refractivity contribution in [2.24, 2.45) is 0 Å². The van der Waals surface area contributed by atoms with Crippen molar-refractivity contribution < 1.29 is 9.53 Å². The van der Waals surface area contributed by atoms with Crippen molar-refractivity contribution >= 4 is 5.91 Å². The van der Waals surface area contributed by atoms with Gasteiger partial charge in [-0.05, 0) is 25.5 Å². The van der Waals surface area contributed by atoms with Crippen LogP contribution in [0.5, 0.6) is 5.75 Å². The van der Waals surface area contributed by atoms with Crippen molar-refractivity contribution in [3.05, 3.63) is 29.8 Å². The molecule has 1 fully saturated rings. The van der Waals surface area contributed by atoms with Crippen LogP contribution in [0.2, 0.25) is 0 Å². The Bertz CT molecular complexity index is 441. The molecule has 1 saturated heterocycles. The Balaban J connectivity index is 1.72. The highest BCUT2D eigenvalue weighted by molar-refractivity contribution is 5.82. The average molecular weight is 246 g/mol. The maximum Gasteiger partial charge on any atom is 0.237 e. The van der Waals surface area contributed by atoms with E-state index in [9.17, 15) is 4.79 Å². The lowest BCUT2D eigenvalue weighted by Gasteiger charge is -2.27. The van der Waals surface area contributed by atoms with Gasteiger partial charge in [-0.3, -0.25) is 4.79 Å². The van der Waals surface area contributed by atoms with Gasteiger partial charge in [0.05, 0.1) is 18.7 Å². The van der Waals surface area contributed by atoms with Crippen LogP contribution in [-0.2, 0) is 4.79 Å². The lowest BCUT2D eigenvalue weighted by Crippen LogP contribution is -2.43. The molecule has 0 spiro atoms. The molecule has 2 atom stereocenters. The first kappa shape index (κ1) is 11.5. The average Bonchev–Trinajstić information content (AvgIpc) is 2.93. The number of rotatable bonds is 2. The van der Waals surface area contributed by atoms with Gasteiger partial charge in [0.25, 0.3) is 0 Å². The minimum Gasteiger partial charge on any atom is -0.493 e. The van der Waals surface area contributed by atoms with Crippen LogP contribution >= 0.6 is 0 Å². The van der Waals surface area contributed by atoms with Crippen LogP contribution in [-0.4, -0.2) is 25.1 Å². The Hall–Kier alpha value is -1.55. The number of fused-ring (bicyclic) bond motifs is 1. The van der Waals surface area contributed by atoms with E-state index in [1.54, 1.807) is 0 Å². The molecular weight excluding hydrogens is 228 g/mol. The molecule has 96 valence electrons. The van der Waals surface area contributed by atoms with E-state index in [1.165, 1.54) is 0 Å². The molecule has 0 aliphatic carbocycles. The maximum absolute atomic E-state index is 12.1. The molecule has 3 rings (SSSR count). The van der Waals surface area contributed by atoms with Gasteiger partial charge in [-0.15, -0.1) is 0 Å². The Morgan fingerprint density at radius 2 is 2.22 bits per heavy atom. The second-order valence-electron chi connectivity index (χ2n) is 4.89. The van der Waals surface area contributed by atoms with Crippen LogP contribution in [0, 0.1) is 0 Å². The quantitative estimate of drug-likeness (QED) is 0.829. The van der Waals surface area contributed by atoms with Crippen molar-refractivity contribution in [3.8, 4) is 5.75 Å². The molecule has 0 radical (unpaired) electrons. The summed E-state index contributed by atoms with van der Waals surface area (Å²) >= 11 is 0. The zero-order chi connectivity index (χ0) is 12.4. The van der Waals surface area contributed by atoms with E-state index in [0.29, 0.717) is 6.61 Å². The van der Waals surface area contributed by atoms with Gasteiger partial charge >= 0.3 is 0 Å². The summed E-state index contributed by atoms with van der Waals surface area (Å²) in [5.74, 6) is 1.02. The summed E-state index contributed by atoms with van der Waals surface area (Å²) in [6.45, 7) is 1.61. The number of nitrogens with one attached hydrogen (secondary N) is 2. The second-order valence-corrected chi connectivity index (χ2v) is 4.89. The van der Waals surface area contributed by atoms with E-state index in [0.717, 1.165) is 37.1 Å². The van der Waals surface area contributed by atoms with Crippen molar-refractivity contribution in [1.82, 2.24) is 10.6 Å². The van der Waals surface area contributed by atoms with Gasteiger partial charge in [0.2, 0.25) is 5.91 Å². The molecule has 2 aliphatic rings. The molecule has 4 nitrogen and oxygen atoms in total. The molecule has 2 unspecified atom stereocenters. The Morgan fingerprint density at radius 1 is 1.33 bits per heavy atom. The Labute approximate surface area is 107 Å². The SMILES string of the molecule is O=C(NC1CCOc2ccccc21)C1CCCN1. The van der Waals surface area contributed by atoms with Crippen LogP contribution in [0.15, 0.2) is 24.3 Å². The summed E-state index contributed by atoms with van der Waals surface area (Å²) < 4.78 is 5.59. The van der Waals surface area contributed by atoms with Crippen molar-refractivity contribution in [1.29, 1.82) is 0 Å². The van der Waals surface area contributed by atoms with Crippen LogP contribution in [0.4, 0.5) is 0 Å². The number of hydrogen-bond acceptors (Lipinski definition) is 3. The standard InChI is InChI=1S/C14H18N2O2/c17-14(12-5-3-8-15-12)16-11-7-9-18-13-6-2-1-4-10(11)13/h1-2,4,6,11-12,15H,3,5,7-9H2,(H,16,17). The lowest BCUT2D eigenvalue weighted by molar-refractivity contribution is -0.123. The third-order valence-corrected chi connectivity index (χ3v) is 3.65. The van der Waals surface area contributed by atoms with E-state index in [-0.39, 0.29) is 18.0 Å². The second kappa shape index (κ2) is 4.98. The molecule has 2 N–H and O–H groups in total. The molecule has 0 bridgehead atoms. The van der Waals surface area contributed by atoms with Gasteiger partial charge < -0.3 is 15.4 Å². The highest BCUT2D eigenvalue weighted by Gasteiger charge is 2.27. The highest BCUT2D eigenvalue weighted by atomic mass is 16.5. The first-order valence-electron chi connectivity index (χ1n) is 6.60. The van der Waals surface area contributed by atoms with Crippen LogP contribution in [0.25, 0.3) is 0 Å². The Kier molecular flexibility index (Phi) is 3.19. The minimum absolute atomic E-state index is 0.0139. The number of para-hydroxylation sites is 1. The Morgan fingerprint density at radius 3 is 3.06 bits per heavy atom. The molecule has 0 aromatic heterocycles. The topological polar surface area (TPSA) is 50.4 Å². The number of benzene rings is 1. The number of amides is 1. The molecule has 4 heteroatoms. The number of carbonyl (C=O) groups is 1. The van der Waals surface area contributed by atoms with E-state index in [4.69, 9.17) is 4.74 Å².